The lowest BCUT2D eigenvalue weighted by Gasteiger charge is -2.46. The third kappa shape index (κ3) is 3.78. The van der Waals surface area contributed by atoms with Crippen molar-refractivity contribution in [1.82, 2.24) is 15.3 Å². The molecule has 0 radical (unpaired) electrons. The van der Waals surface area contributed by atoms with Crippen molar-refractivity contribution in [2.45, 2.75) is 72.9 Å². The van der Waals surface area contributed by atoms with E-state index in [1.165, 1.54) is 19.3 Å². The zero-order valence-electron chi connectivity index (χ0n) is 13.8. The summed E-state index contributed by atoms with van der Waals surface area (Å²) in [5, 5.41) is 3.78. The van der Waals surface area contributed by atoms with Crippen molar-refractivity contribution < 1.29 is 0 Å². The number of nitrogens with zero attached hydrogens (tertiary/aromatic N) is 2. The van der Waals surface area contributed by atoms with Gasteiger partial charge in [-0.3, -0.25) is 9.97 Å². The van der Waals surface area contributed by atoms with Crippen molar-refractivity contribution in [2.75, 3.05) is 0 Å². The highest BCUT2D eigenvalue weighted by Crippen LogP contribution is 2.46. The molecule has 1 atom stereocenters. The molecule has 1 heterocycles. The third-order valence-electron chi connectivity index (χ3n) is 4.37. The molecule has 20 heavy (non-hydrogen) atoms. The number of hydrogen-bond donors (Lipinski definition) is 1. The van der Waals surface area contributed by atoms with E-state index in [2.05, 4.69) is 49.9 Å². The van der Waals surface area contributed by atoms with E-state index in [1.54, 1.807) is 12.4 Å². The predicted octanol–water partition coefficient (Wildman–Crippen LogP) is 4.04. The van der Waals surface area contributed by atoms with E-state index in [0.29, 0.717) is 16.9 Å². The van der Waals surface area contributed by atoms with E-state index in [0.717, 1.165) is 11.4 Å². The summed E-state index contributed by atoms with van der Waals surface area (Å²) in [6, 6.07) is 0.823. The van der Waals surface area contributed by atoms with Crippen LogP contribution in [0.2, 0.25) is 0 Å². The standard InChI is InChI=1S/C17H29N3/c1-12-15(19-8-7-18-12)13(2)20-14-9-16(3,4)11-17(5,6)10-14/h7-8,13-14,20H,9-11H2,1-6H3. The van der Waals surface area contributed by atoms with Crippen LogP contribution in [0.1, 0.15) is 71.3 Å². The molecule has 0 bridgehead atoms. The topological polar surface area (TPSA) is 37.8 Å². The molecular formula is C17H29N3. The van der Waals surface area contributed by atoms with Crippen LogP contribution in [0, 0.1) is 17.8 Å². The van der Waals surface area contributed by atoms with Crippen LogP contribution in [0.4, 0.5) is 0 Å². The van der Waals surface area contributed by atoms with Gasteiger partial charge in [0, 0.05) is 24.5 Å². The van der Waals surface area contributed by atoms with Crippen LogP contribution in [0.25, 0.3) is 0 Å². The first-order chi connectivity index (χ1) is 9.19. The SMILES string of the molecule is Cc1nccnc1C(C)NC1CC(C)(C)CC(C)(C)C1. The highest BCUT2D eigenvalue weighted by atomic mass is 15.0. The Balaban J connectivity index is 2.08. The van der Waals surface area contributed by atoms with Gasteiger partial charge in [-0.05, 0) is 43.9 Å². The fourth-order valence-corrected chi connectivity index (χ4v) is 4.24. The second kappa shape index (κ2) is 5.44. The highest BCUT2D eigenvalue weighted by molar-refractivity contribution is 5.13. The quantitative estimate of drug-likeness (QED) is 0.904. The number of hydrogen-bond acceptors (Lipinski definition) is 3. The summed E-state index contributed by atoms with van der Waals surface area (Å²) >= 11 is 0. The number of aryl methyl sites for hydroxylation is 1. The average Bonchev–Trinajstić information content (AvgIpc) is 2.24. The van der Waals surface area contributed by atoms with Crippen LogP contribution in [0.5, 0.6) is 0 Å². The fraction of sp³-hybridized carbons (Fsp3) is 0.765. The molecule has 3 nitrogen and oxygen atoms in total. The molecule has 1 aliphatic rings. The van der Waals surface area contributed by atoms with E-state index in [9.17, 15) is 0 Å². The number of rotatable bonds is 3. The smallest absolute Gasteiger partial charge is 0.0782 e. The average molecular weight is 275 g/mol. The van der Waals surface area contributed by atoms with Gasteiger partial charge in [0.15, 0.2) is 0 Å². The molecule has 1 aliphatic carbocycles. The normalized spacial score (nSPS) is 23.5. The summed E-state index contributed by atoms with van der Waals surface area (Å²) in [4.78, 5) is 8.84. The molecule has 2 rings (SSSR count). The Morgan fingerprint density at radius 3 is 2.20 bits per heavy atom. The van der Waals surface area contributed by atoms with Gasteiger partial charge in [-0.1, -0.05) is 27.7 Å². The third-order valence-corrected chi connectivity index (χ3v) is 4.37. The van der Waals surface area contributed by atoms with Crippen molar-refractivity contribution in [1.29, 1.82) is 0 Å². The fourth-order valence-electron chi connectivity index (χ4n) is 4.24. The maximum atomic E-state index is 4.49. The van der Waals surface area contributed by atoms with E-state index in [4.69, 9.17) is 0 Å². The summed E-state index contributed by atoms with van der Waals surface area (Å²) in [6.45, 7) is 13.8. The van der Waals surface area contributed by atoms with Gasteiger partial charge in [0.2, 0.25) is 0 Å². The van der Waals surface area contributed by atoms with Crippen molar-refractivity contribution in [3.05, 3.63) is 23.8 Å². The van der Waals surface area contributed by atoms with E-state index in [-0.39, 0.29) is 6.04 Å². The molecule has 1 aromatic rings. The van der Waals surface area contributed by atoms with Crippen molar-refractivity contribution >= 4 is 0 Å². The maximum absolute atomic E-state index is 4.49. The molecule has 0 amide bonds. The number of nitrogens with one attached hydrogen (secondary N) is 1. The molecule has 0 spiro atoms. The molecule has 0 saturated heterocycles. The van der Waals surface area contributed by atoms with Crippen LogP contribution >= 0.6 is 0 Å². The summed E-state index contributed by atoms with van der Waals surface area (Å²) < 4.78 is 0. The lowest BCUT2D eigenvalue weighted by atomic mass is 9.63. The minimum absolute atomic E-state index is 0.262. The monoisotopic (exact) mass is 275 g/mol. The maximum Gasteiger partial charge on any atom is 0.0782 e. The Labute approximate surface area is 123 Å². The van der Waals surface area contributed by atoms with Gasteiger partial charge in [-0.15, -0.1) is 0 Å². The molecule has 1 N–H and O–H groups in total. The molecule has 1 unspecified atom stereocenters. The summed E-state index contributed by atoms with van der Waals surface area (Å²) in [7, 11) is 0. The Bertz CT molecular complexity index is 449. The van der Waals surface area contributed by atoms with Gasteiger partial charge < -0.3 is 5.32 Å². The largest absolute Gasteiger partial charge is 0.306 e. The Kier molecular flexibility index (Phi) is 4.19. The lowest BCUT2D eigenvalue weighted by Crippen LogP contribution is -2.44. The molecule has 3 heteroatoms. The molecule has 1 fully saturated rings. The zero-order chi connectivity index (χ0) is 15.0. The van der Waals surface area contributed by atoms with Crippen LogP contribution in [-0.4, -0.2) is 16.0 Å². The van der Waals surface area contributed by atoms with Crippen LogP contribution in [0.15, 0.2) is 12.4 Å². The van der Waals surface area contributed by atoms with Gasteiger partial charge in [0.25, 0.3) is 0 Å². The second-order valence-corrected chi connectivity index (χ2v) is 8.03. The molecule has 1 aromatic heterocycles. The molecule has 0 aliphatic heterocycles. The van der Waals surface area contributed by atoms with E-state index >= 15 is 0 Å². The van der Waals surface area contributed by atoms with Gasteiger partial charge in [0.1, 0.15) is 0 Å². The van der Waals surface area contributed by atoms with Crippen LogP contribution < -0.4 is 5.32 Å². The van der Waals surface area contributed by atoms with Crippen LogP contribution in [-0.2, 0) is 0 Å². The highest BCUT2D eigenvalue weighted by Gasteiger charge is 2.38. The minimum Gasteiger partial charge on any atom is -0.306 e. The minimum atomic E-state index is 0.262. The van der Waals surface area contributed by atoms with Crippen molar-refractivity contribution in [3.63, 3.8) is 0 Å². The van der Waals surface area contributed by atoms with Crippen LogP contribution in [0.3, 0.4) is 0 Å². The van der Waals surface area contributed by atoms with E-state index < -0.39 is 0 Å². The van der Waals surface area contributed by atoms with Crippen molar-refractivity contribution in [2.24, 2.45) is 10.8 Å². The van der Waals surface area contributed by atoms with Gasteiger partial charge in [-0.25, -0.2) is 0 Å². The Hall–Kier alpha value is -0.960. The first kappa shape index (κ1) is 15.4. The van der Waals surface area contributed by atoms with E-state index in [1.807, 2.05) is 6.92 Å². The van der Waals surface area contributed by atoms with Crippen molar-refractivity contribution in [3.8, 4) is 0 Å². The zero-order valence-corrected chi connectivity index (χ0v) is 13.8. The molecule has 1 saturated carbocycles. The Morgan fingerprint density at radius 1 is 1.10 bits per heavy atom. The number of aromatic nitrogens is 2. The summed E-state index contributed by atoms with van der Waals surface area (Å²) in [5.41, 5.74) is 2.93. The van der Waals surface area contributed by atoms with Gasteiger partial charge in [0.05, 0.1) is 11.4 Å². The Morgan fingerprint density at radius 2 is 1.65 bits per heavy atom. The molecular weight excluding hydrogens is 246 g/mol. The predicted molar refractivity (Wildman–Crippen MR) is 83.5 cm³/mol. The summed E-state index contributed by atoms with van der Waals surface area (Å²) in [6.07, 6.45) is 7.32. The second-order valence-electron chi connectivity index (χ2n) is 8.03. The summed E-state index contributed by atoms with van der Waals surface area (Å²) in [5.74, 6) is 0. The molecule has 0 aromatic carbocycles. The first-order valence-electron chi connectivity index (χ1n) is 7.72. The van der Waals surface area contributed by atoms with Gasteiger partial charge >= 0.3 is 0 Å². The van der Waals surface area contributed by atoms with Gasteiger partial charge in [-0.2, -0.15) is 0 Å². The first-order valence-corrected chi connectivity index (χ1v) is 7.72. The lowest BCUT2D eigenvalue weighted by molar-refractivity contribution is 0.0808. The molecule has 112 valence electrons.